The summed E-state index contributed by atoms with van der Waals surface area (Å²) in [6, 6.07) is 0. The minimum atomic E-state index is 0.669. The third kappa shape index (κ3) is 5.50. The van der Waals surface area contributed by atoms with E-state index in [1.807, 2.05) is 11.9 Å². The first-order valence-corrected chi connectivity index (χ1v) is 5.12. The summed E-state index contributed by atoms with van der Waals surface area (Å²) < 4.78 is 0. The standard InChI is InChI=1S/C10H23N3/c1-5-7-12-10(11)13(4)8-9(3)6-2/h9H,5-8H2,1-4H3,(H2,11,12). The lowest BCUT2D eigenvalue weighted by Gasteiger charge is -2.21. The fourth-order valence-electron chi connectivity index (χ4n) is 1.04. The molecular weight excluding hydrogens is 162 g/mol. The van der Waals surface area contributed by atoms with Crippen LogP contribution in [-0.2, 0) is 0 Å². The molecule has 0 amide bonds. The van der Waals surface area contributed by atoms with Crippen molar-refractivity contribution in [3.63, 3.8) is 0 Å². The van der Waals surface area contributed by atoms with Crippen molar-refractivity contribution in [2.24, 2.45) is 16.6 Å². The first-order valence-electron chi connectivity index (χ1n) is 5.12. The summed E-state index contributed by atoms with van der Waals surface area (Å²) in [6.45, 7) is 8.35. The van der Waals surface area contributed by atoms with Gasteiger partial charge in [-0.25, -0.2) is 0 Å². The van der Waals surface area contributed by atoms with Crippen molar-refractivity contribution >= 4 is 5.96 Å². The number of aliphatic imine (C=N–C) groups is 1. The monoisotopic (exact) mass is 185 g/mol. The molecule has 0 aliphatic carbocycles. The Morgan fingerprint density at radius 3 is 2.54 bits per heavy atom. The van der Waals surface area contributed by atoms with Crippen LogP contribution >= 0.6 is 0 Å². The Morgan fingerprint density at radius 1 is 1.46 bits per heavy atom. The Hall–Kier alpha value is -0.730. The highest BCUT2D eigenvalue weighted by Crippen LogP contribution is 2.01. The maximum absolute atomic E-state index is 5.78. The summed E-state index contributed by atoms with van der Waals surface area (Å²) in [5.41, 5.74) is 5.78. The Balaban J connectivity index is 3.87. The second-order valence-electron chi connectivity index (χ2n) is 3.63. The highest BCUT2D eigenvalue weighted by atomic mass is 15.2. The largest absolute Gasteiger partial charge is 0.370 e. The molecule has 0 saturated carbocycles. The molecule has 0 aromatic heterocycles. The van der Waals surface area contributed by atoms with Crippen molar-refractivity contribution in [2.45, 2.75) is 33.6 Å². The zero-order valence-corrected chi connectivity index (χ0v) is 9.38. The smallest absolute Gasteiger partial charge is 0.190 e. The van der Waals surface area contributed by atoms with Gasteiger partial charge in [-0.3, -0.25) is 4.99 Å². The average molecular weight is 185 g/mol. The number of guanidine groups is 1. The van der Waals surface area contributed by atoms with Crippen molar-refractivity contribution in [1.82, 2.24) is 4.90 Å². The fraction of sp³-hybridized carbons (Fsp3) is 0.900. The van der Waals surface area contributed by atoms with Gasteiger partial charge in [0.15, 0.2) is 5.96 Å². The van der Waals surface area contributed by atoms with Crippen LogP contribution in [0.1, 0.15) is 33.6 Å². The lowest BCUT2D eigenvalue weighted by molar-refractivity contribution is 0.392. The minimum Gasteiger partial charge on any atom is -0.370 e. The van der Waals surface area contributed by atoms with Crippen LogP contribution in [-0.4, -0.2) is 31.0 Å². The summed E-state index contributed by atoms with van der Waals surface area (Å²) in [6.07, 6.45) is 2.24. The van der Waals surface area contributed by atoms with Gasteiger partial charge in [-0.2, -0.15) is 0 Å². The van der Waals surface area contributed by atoms with E-state index in [4.69, 9.17) is 5.73 Å². The van der Waals surface area contributed by atoms with Gasteiger partial charge in [0.25, 0.3) is 0 Å². The summed E-state index contributed by atoms with van der Waals surface area (Å²) in [4.78, 5) is 6.28. The predicted molar refractivity (Wildman–Crippen MR) is 58.9 cm³/mol. The number of rotatable bonds is 5. The molecule has 0 radical (unpaired) electrons. The molecule has 13 heavy (non-hydrogen) atoms. The van der Waals surface area contributed by atoms with Gasteiger partial charge in [0.05, 0.1) is 0 Å². The van der Waals surface area contributed by atoms with Crippen LogP contribution in [0.4, 0.5) is 0 Å². The van der Waals surface area contributed by atoms with E-state index in [-0.39, 0.29) is 0 Å². The molecular formula is C10H23N3. The molecule has 2 N–H and O–H groups in total. The summed E-state index contributed by atoms with van der Waals surface area (Å²) in [7, 11) is 2.00. The second-order valence-corrected chi connectivity index (χ2v) is 3.63. The van der Waals surface area contributed by atoms with Crippen molar-refractivity contribution in [2.75, 3.05) is 20.1 Å². The van der Waals surface area contributed by atoms with Crippen LogP contribution in [0.2, 0.25) is 0 Å². The minimum absolute atomic E-state index is 0.669. The molecule has 0 bridgehead atoms. The molecule has 0 aliphatic rings. The molecule has 1 unspecified atom stereocenters. The zero-order chi connectivity index (χ0) is 10.3. The van der Waals surface area contributed by atoms with Gasteiger partial charge in [-0.05, 0) is 12.3 Å². The van der Waals surface area contributed by atoms with Gasteiger partial charge in [0.2, 0.25) is 0 Å². The topological polar surface area (TPSA) is 41.6 Å². The summed E-state index contributed by atoms with van der Waals surface area (Å²) >= 11 is 0. The van der Waals surface area contributed by atoms with Gasteiger partial charge >= 0.3 is 0 Å². The fourth-order valence-corrected chi connectivity index (χ4v) is 1.04. The lowest BCUT2D eigenvalue weighted by atomic mass is 10.1. The highest BCUT2D eigenvalue weighted by Gasteiger charge is 2.05. The second kappa shape index (κ2) is 6.75. The van der Waals surface area contributed by atoms with Gasteiger partial charge < -0.3 is 10.6 Å². The Morgan fingerprint density at radius 2 is 2.08 bits per heavy atom. The lowest BCUT2D eigenvalue weighted by Crippen LogP contribution is -2.37. The summed E-state index contributed by atoms with van der Waals surface area (Å²) in [5.74, 6) is 1.35. The van der Waals surface area contributed by atoms with Crippen molar-refractivity contribution in [3.8, 4) is 0 Å². The molecule has 0 fully saturated rings. The van der Waals surface area contributed by atoms with E-state index in [2.05, 4.69) is 25.8 Å². The van der Waals surface area contributed by atoms with E-state index in [1.165, 1.54) is 6.42 Å². The van der Waals surface area contributed by atoms with E-state index in [0.29, 0.717) is 11.9 Å². The number of hydrogen-bond acceptors (Lipinski definition) is 1. The third-order valence-electron chi connectivity index (χ3n) is 2.17. The maximum Gasteiger partial charge on any atom is 0.190 e. The van der Waals surface area contributed by atoms with E-state index in [0.717, 1.165) is 19.5 Å². The normalized spacial score (nSPS) is 14.3. The van der Waals surface area contributed by atoms with Crippen LogP contribution < -0.4 is 5.73 Å². The molecule has 0 aliphatic heterocycles. The highest BCUT2D eigenvalue weighted by molar-refractivity contribution is 5.77. The molecule has 0 saturated heterocycles. The molecule has 78 valence electrons. The first kappa shape index (κ1) is 12.3. The van der Waals surface area contributed by atoms with Crippen LogP contribution in [0.25, 0.3) is 0 Å². The Labute approximate surface area is 82.0 Å². The molecule has 3 nitrogen and oxygen atoms in total. The Bertz CT molecular complexity index is 154. The molecule has 0 aromatic carbocycles. The third-order valence-corrected chi connectivity index (χ3v) is 2.17. The predicted octanol–water partition coefficient (Wildman–Crippen LogP) is 1.69. The van der Waals surface area contributed by atoms with E-state index >= 15 is 0 Å². The quantitative estimate of drug-likeness (QED) is 0.523. The van der Waals surface area contributed by atoms with Crippen molar-refractivity contribution < 1.29 is 0 Å². The van der Waals surface area contributed by atoms with Crippen LogP contribution in [0, 0.1) is 5.92 Å². The number of hydrogen-bond donors (Lipinski definition) is 1. The van der Waals surface area contributed by atoms with Crippen molar-refractivity contribution in [1.29, 1.82) is 0 Å². The first-order chi connectivity index (χ1) is 6.11. The van der Waals surface area contributed by atoms with Crippen LogP contribution in [0.5, 0.6) is 0 Å². The summed E-state index contributed by atoms with van der Waals surface area (Å²) in [5, 5.41) is 0. The van der Waals surface area contributed by atoms with Gasteiger partial charge in [-0.1, -0.05) is 27.2 Å². The molecule has 0 rings (SSSR count). The van der Waals surface area contributed by atoms with Gasteiger partial charge in [-0.15, -0.1) is 0 Å². The molecule has 0 heterocycles. The average Bonchev–Trinajstić information content (AvgIpc) is 2.13. The van der Waals surface area contributed by atoms with Gasteiger partial charge in [0.1, 0.15) is 0 Å². The van der Waals surface area contributed by atoms with E-state index in [9.17, 15) is 0 Å². The number of nitrogens with zero attached hydrogens (tertiary/aromatic N) is 2. The number of nitrogens with two attached hydrogens (primary N) is 1. The molecule has 3 heteroatoms. The van der Waals surface area contributed by atoms with E-state index < -0.39 is 0 Å². The van der Waals surface area contributed by atoms with Crippen LogP contribution in [0.15, 0.2) is 4.99 Å². The maximum atomic E-state index is 5.78. The molecule has 0 aromatic rings. The van der Waals surface area contributed by atoms with E-state index in [1.54, 1.807) is 0 Å². The van der Waals surface area contributed by atoms with Crippen molar-refractivity contribution in [3.05, 3.63) is 0 Å². The zero-order valence-electron chi connectivity index (χ0n) is 9.38. The van der Waals surface area contributed by atoms with Gasteiger partial charge in [0, 0.05) is 20.1 Å². The Kier molecular flexibility index (Phi) is 6.37. The SMILES string of the molecule is CCCN=C(N)N(C)CC(C)CC. The molecule has 1 atom stereocenters. The molecule has 0 spiro atoms. The van der Waals surface area contributed by atoms with Crippen LogP contribution in [0.3, 0.4) is 0 Å².